The van der Waals surface area contributed by atoms with Gasteiger partial charge in [0.15, 0.2) is 5.58 Å². The van der Waals surface area contributed by atoms with E-state index in [-0.39, 0.29) is 30.8 Å². The second kappa shape index (κ2) is 7.99. The summed E-state index contributed by atoms with van der Waals surface area (Å²) in [4.78, 5) is 46.2. The lowest BCUT2D eigenvalue weighted by atomic mass is 9.66. The third-order valence-corrected chi connectivity index (χ3v) is 8.75. The molecule has 196 valence electrons. The molecule has 0 aliphatic carbocycles. The summed E-state index contributed by atoms with van der Waals surface area (Å²) < 4.78 is 13.2. The van der Waals surface area contributed by atoms with Gasteiger partial charge in [0.2, 0.25) is 11.8 Å². The van der Waals surface area contributed by atoms with Crippen molar-refractivity contribution in [1.82, 2.24) is 9.72 Å². The number of aromatic nitrogens is 2. The quantitative estimate of drug-likeness (QED) is 0.387. The van der Waals surface area contributed by atoms with Crippen LogP contribution in [-0.2, 0) is 20.9 Å². The van der Waals surface area contributed by atoms with Crippen molar-refractivity contribution in [3.63, 3.8) is 0 Å². The van der Waals surface area contributed by atoms with Crippen molar-refractivity contribution < 1.29 is 24.0 Å². The highest BCUT2D eigenvalue weighted by Gasteiger charge is 2.77. The average Bonchev–Trinajstić information content (AvgIpc) is 3.56. The predicted octanol–water partition coefficient (Wildman–Crippen LogP) is 3.16. The number of aliphatic hydroxyl groups excluding tert-OH is 1. The maximum absolute atomic E-state index is 13.9. The van der Waals surface area contributed by atoms with Crippen LogP contribution in [0, 0.1) is 23.2 Å². The molecule has 2 bridgehead atoms. The summed E-state index contributed by atoms with van der Waals surface area (Å²) in [6.07, 6.45) is -0.705. The van der Waals surface area contributed by atoms with E-state index in [1.54, 1.807) is 49.4 Å². The first-order chi connectivity index (χ1) is 18.7. The number of nitrogens with zero attached hydrogens (tertiary/aromatic N) is 4. The maximum atomic E-state index is 13.9. The third kappa shape index (κ3) is 3.15. The van der Waals surface area contributed by atoms with E-state index in [2.05, 4.69) is 11.1 Å². The Hall–Kier alpha value is -4.04. The van der Waals surface area contributed by atoms with Crippen molar-refractivity contribution >= 4 is 51.1 Å². The van der Waals surface area contributed by atoms with Gasteiger partial charge in [0.25, 0.3) is 5.56 Å². The number of rotatable bonds is 4. The van der Waals surface area contributed by atoms with E-state index >= 15 is 0 Å². The van der Waals surface area contributed by atoms with Crippen molar-refractivity contribution in [2.45, 2.75) is 43.6 Å². The fraction of sp³-hybridized carbons (Fsp3) is 0.321. The molecule has 2 amide bonds. The first-order valence-corrected chi connectivity index (χ1v) is 12.9. The van der Waals surface area contributed by atoms with Crippen LogP contribution >= 0.6 is 11.6 Å². The van der Waals surface area contributed by atoms with Crippen molar-refractivity contribution in [2.24, 2.45) is 11.8 Å². The zero-order chi connectivity index (χ0) is 27.3. The lowest BCUT2D eigenvalue weighted by Gasteiger charge is -2.33. The number of fused-ring (bicyclic) bond motifs is 7. The summed E-state index contributed by atoms with van der Waals surface area (Å²) in [5.41, 5.74) is -1.75. The summed E-state index contributed by atoms with van der Waals surface area (Å²) in [7, 11) is 0. The molecule has 0 spiro atoms. The number of anilines is 1. The van der Waals surface area contributed by atoms with Crippen LogP contribution in [0.1, 0.15) is 25.3 Å². The summed E-state index contributed by atoms with van der Waals surface area (Å²) in [6, 6.07) is 15.3. The molecule has 0 radical (unpaired) electrons. The molecular weight excluding hydrogens is 524 g/mol. The number of halogens is 1. The highest BCUT2D eigenvalue weighted by Crippen LogP contribution is 2.62. The fourth-order valence-corrected chi connectivity index (χ4v) is 6.86. The van der Waals surface area contributed by atoms with Crippen LogP contribution in [0.25, 0.3) is 21.9 Å². The largest absolute Gasteiger partial charge is 0.390 e. The van der Waals surface area contributed by atoms with Crippen LogP contribution < -0.4 is 10.5 Å². The Kier molecular flexibility index (Phi) is 4.92. The molecule has 1 N–H and O–H groups in total. The highest BCUT2D eigenvalue weighted by molar-refractivity contribution is 6.31. The number of carbonyl (C=O) groups is 2. The molecule has 7 rings (SSSR count). The van der Waals surface area contributed by atoms with E-state index in [0.717, 1.165) is 4.90 Å². The Morgan fingerprint density at radius 2 is 1.95 bits per heavy atom. The van der Waals surface area contributed by atoms with Crippen LogP contribution in [-0.4, -0.2) is 44.0 Å². The lowest BCUT2D eigenvalue weighted by molar-refractivity contribution is -0.134. The number of ether oxygens (including phenoxy) is 1. The molecule has 0 saturated carbocycles. The number of para-hydroxylation sites is 1. The molecule has 5 atom stereocenters. The van der Waals surface area contributed by atoms with Gasteiger partial charge >= 0.3 is 0 Å². The minimum atomic E-state index is -1.28. The zero-order valence-electron chi connectivity index (χ0n) is 20.6. The van der Waals surface area contributed by atoms with Gasteiger partial charge in [-0.15, -0.1) is 0 Å². The first kappa shape index (κ1) is 24.0. The number of hydrogen-bond acceptors (Lipinski definition) is 8. The van der Waals surface area contributed by atoms with Crippen molar-refractivity contribution in [2.75, 3.05) is 4.90 Å². The Bertz CT molecular complexity index is 1840. The SMILES string of the molecule is CC12OC(CCn3oc4ccc(Cl)cc4c3=O)(CC1O)C1C(=O)N(c3ccc4cccc(C#N)c4n3)C(=O)C12. The number of carbonyl (C=O) groups excluding carboxylic acids is 2. The molecule has 11 heteroatoms. The smallest absolute Gasteiger partial charge is 0.290 e. The molecule has 2 aromatic heterocycles. The van der Waals surface area contributed by atoms with Gasteiger partial charge in [0, 0.05) is 16.8 Å². The van der Waals surface area contributed by atoms with E-state index in [1.165, 1.54) is 10.8 Å². The molecule has 2 aromatic carbocycles. The number of hydrogen-bond donors (Lipinski definition) is 1. The van der Waals surface area contributed by atoms with Crippen LogP contribution in [0.15, 0.2) is 57.8 Å². The standard InChI is InChI=1S/C28H21ClN4O6/c1-27-19(34)12-28(39-27,9-10-32-24(35)17-11-16(29)6-7-18(17)38-32)22-21(27)25(36)33(26(22)37)20-8-5-14-3-2-4-15(13-30)23(14)31-20/h2-8,11,19,21-22,34H,9-10,12H2,1H3. The molecule has 39 heavy (non-hydrogen) atoms. The minimum Gasteiger partial charge on any atom is -0.390 e. The molecular formula is C28H21ClN4O6. The predicted molar refractivity (Wildman–Crippen MR) is 139 cm³/mol. The van der Waals surface area contributed by atoms with E-state index < -0.39 is 41.0 Å². The van der Waals surface area contributed by atoms with E-state index in [0.29, 0.717) is 32.5 Å². The Balaban J connectivity index is 1.26. The van der Waals surface area contributed by atoms with Gasteiger partial charge in [0.1, 0.15) is 17.5 Å². The Morgan fingerprint density at radius 1 is 1.15 bits per heavy atom. The van der Waals surface area contributed by atoms with Gasteiger partial charge in [-0.3, -0.25) is 14.4 Å². The van der Waals surface area contributed by atoms with Crippen LogP contribution in [0.4, 0.5) is 5.82 Å². The van der Waals surface area contributed by atoms with Gasteiger partial charge in [-0.05, 0) is 49.7 Å². The van der Waals surface area contributed by atoms with Gasteiger partial charge in [0.05, 0.1) is 46.6 Å². The summed E-state index contributed by atoms with van der Waals surface area (Å²) in [5, 5.41) is 21.9. The maximum Gasteiger partial charge on any atom is 0.290 e. The number of imide groups is 1. The van der Waals surface area contributed by atoms with Gasteiger partial charge in [-0.25, -0.2) is 9.88 Å². The molecule has 3 aliphatic heterocycles. The summed E-state index contributed by atoms with van der Waals surface area (Å²) >= 11 is 6.03. The van der Waals surface area contributed by atoms with Crippen LogP contribution in [0.3, 0.4) is 0 Å². The molecule has 3 aliphatic rings. The van der Waals surface area contributed by atoms with Crippen molar-refractivity contribution in [3.05, 3.63) is 69.5 Å². The van der Waals surface area contributed by atoms with E-state index in [4.69, 9.17) is 20.9 Å². The fourth-order valence-electron chi connectivity index (χ4n) is 6.68. The van der Waals surface area contributed by atoms with Gasteiger partial charge in [-0.1, -0.05) is 23.7 Å². The second-order valence-corrected chi connectivity index (χ2v) is 11.0. The molecule has 5 heterocycles. The van der Waals surface area contributed by atoms with Crippen LogP contribution in [0.5, 0.6) is 0 Å². The van der Waals surface area contributed by atoms with Crippen LogP contribution in [0.2, 0.25) is 5.02 Å². The number of benzene rings is 2. The van der Waals surface area contributed by atoms with Gasteiger partial charge in [-0.2, -0.15) is 10.0 Å². The van der Waals surface area contributed by atoms with Gasteiger partial charge < -0.3 is 14.4 Å². The molecule has 10 nitrogen and oxygen atoms in total. The lowest BCUT2D eigenvalue weighted by Crippen LogP contribution is -2.49. The Morgan fingerprint density at radius 3 is 2.74 bits per heavy atom. The number of aryl methyl sites for hydroxylation is 1. The molecule has 3 fully saturated rings. The number of pyridine rings is 1. The zero-order valence-corrected chi connectivity index (χ0v) is 21.4. The second-order valence-electron chi connectivity index (χ2n) is 10.6. The average molecular weight is 545 g/mol. The first-order valence-electron chi connectivity index (χ1n) is 12.5. The monoisotopic (exact) mass is 544 g/mol. The number of nitriles is 1. The molecule has 5 unspecified atom stereocenters. The minimum absolute atomic E-state index is 0.0678. The topological polar surface area (TPSA) is 139 Å². The van der Waals surface area contributed by atoms with Crippen molar-refractivity contribution in [1.29, 1.82) is 5.26 Å². The molecule has 3 saturated heterocycles. The third-order valence-electron chi connectivity index (χ3n) is 8.51. The molecule has 4 aromatic rings. The van der Waals surface area contributed by atoms with E-state index in [9.17, 15) is 24.8 Å². The van der Waals surface area contributed by atoms with Crippen molar-refractivity contribution in [3.8, 4) is 6.07 Å². The highest BCUT2D eigenvalue weighted by atomic mass is 35.5. The summed E-state index contributed by atoms with van der Waals surface area (Å²) in [6.45, 7) is 1.72. The summed E-state index contributed by atoms with van der Waals surface area (Å²) in [5.74, 6) is -2.68. The van der Waals surface area contributed by atoms with E-state index in [1.807, 2.05) is 0 Å². The Labute approximate surface area is 225 Å². The number of amides is 2. The normalized spacial score (nSPS) is 29.5. The number of aliphatic hydroxyl groups is 1.